The van der Waals surface area contributed by atoms with Gasteiger partial charge >= 0.3 is 0 Å². The lowest BCUT2D eigenvalue weighted by Crippen LogP contribution is -2.30. The van der Waals surface area contributed by atoms with Gasteiger partial charge in [-0.3, -0.25) is 4.79 Å². The van der Waals surface area contributed by atoms with Gasteiger partial charge < -0.3 is 4.90 Å². The summed E-state index contributed by atoms with van der Waals surface area (Å²) < 4.78 is 0.716. The van der Waals surface area contributed by atoms with Crippen molar-refractivity contribution in [2.24, 2.45) is 0 Å². The number of nitrogens with zero attached hydrogens (tertiary/aromatic N) is 3. The van der Waals surface area contributed by atoms with Gasteiger partial charge in [0, 0.05) is 17.0 Å². The number of halogens is 1. The summed E-state index contributed by atoms with van der Waals surface area (Å²) in [5.41, 5.74) is 3.88. The quantitative estimate of drug-likeness (QED) is 0.606. The second kappa shape index (κ2) is 7.33. The lowest BCUT2D eigenvalue weighted by molar-refractivity contribution is 0.0764. The maximum Gasteiger partial charge on any atom is 0.254 e. The van der Waals surface area contributed by atoms with Gasteiger partial charge in [0.05, 0.1) is 33.3 Å². The predicted molar refractivity (Wildman–Crippen MR) is 103 cm³/mol. The molecule has 0 saturated carbocycles. The van der Waals surface area contributed by atoms with Gasteiger partial charge in [0.25, 0.3) is 5.91 Å². The summed E-state index contributed by atoms with van der Waals surface area (Å²) in [5.74, 6) is -0.0636. The molecule has 128 valence electrons. The number of fused-ring (bicyclic) bond motifs is 1. The maximum atomic E-state index is 12.9. The summed E-state index contributed by atoms with van der Waals surface area (Å²) in [6.45, 7) is 8.56. The first kappa shape index (κ1) is 17.6. The molecule has 1 aromatic carbocycles. The first-order chi connectivity index (χ1) is 12.0. The summed E-state index contributed by atoms with van der Waals surface area (Å²) in [7, 11) is 0. The molecular formula is C19H18ClN3OS. The number of rotatable bonds is 5. The number of carbonyl (C=O) groups is 1. The minimum absolute atomic E-state index is 0.0636. The second-order valence-corrected chi connectivity index (χ2v) is 7.58. The molecular weight excluding hydrogens is 354 g/mol. The van der Waals surface area contributed by atoms with Gasteiger partial charge in [-0.15, -0.1) is 17.9 Å². The Labute approximate surface area is 155 Å². The minimum Gasteiger partial charge on any atom is -0.330 e. The smallest absolute Gasteiger partial charge is 0.254 e. The van der Waals surface area contributed by atoms with E-state index in [1.165, 1.54) is 11.3 Å². The molecule has 0 spiro atoms. The zero-order chi connectivity index (χ0) is 18.0. The Morgan fingerprint density at radius 1 is 1.20 bits per heavy atom. The van der Waals surface area contributed by atoms with Crippen LogP contribution in [0.3, 0.4) is 0 Å². The maximum absolute atomic E-state index is 12.9. The lowest BCUT2D eigenvalue weighted by atomic mass is 10.1. The molecule has 25 heavy (non-hydrogen) atoms. The summed E-state index contributed by atoms with van der Waals surface area (Å²) in [4.78, 5) is 24.8. The fourth-order valence-electron chi connectivity index (χ4n) is 2.55. The largest absolute Gasteiger partial charge is 0.330 e. The highest BCUT2D eigenvalue weighted by Crippen LogP contribution is 2.24. The number of aromatic nitrogens is 2. The van der Waals surface area contributed by atoms with E-state index in [2.05, 4.69) is 16.5 Å². The van der Waals surface area contributed by atoms with Gasteiger partial charge in [-0.05, 0) is 44.2 Å². The van der Waals surface area contributed by atoms with E-state index < -0.39 is 0 Å². The number of hydrogen-bond acceptors (Lipinski definition) is 4. The van der Waals surface area contributed by atoms with Gasteiger partial charge in [0.2, 0.25) is 0 Å². The van der Waals surface area contributed by atoms with Crippen LogP contribution < -0.4 is 0 Å². The molecule has 6 heteroatoms. The third-order valence-corrected chi connectivity index (χ3v) is 5.15. The van der Waals surface area contributed by atoms with E-state index >= 15 is 0 Å². The van der Waals surface area contributed by atoms with Crippen molar-refractivity contribution in [3.63, 3.8) is 0 Å². The zero-order valence-corrected chi connectivity index (χ0v) is 15.7. The monoisotopic (exact) mass is 371 g/mol. The van der Waals surface area contributed by atoms with Gasteiger partial charge in [-0.25, -0.2) is 9.97 Å². The van der Waals surface area contributed by atoms with Crippen LogP contribution in [0.2, 0.25) is 4.34 Å². The predicted octanol–water partition coefficient (Wildman–Crippen LogP) is 4.79. The third kappa shape index (κ3) is 3.89. The molecule has 0 bridgehead atoms. The van der Waals surface area contributed by atoms with Crippen molar-refractivity contribution in [2.45, 2.75) is 20.4 Å². The first-order valence-electron chi connectivity index (χ1n) is 7.87. The number of benzene rings is 1. The number of aryl methyl sites for hydroxylation is 2. The van der Waals surface area contributed by atoms with E-state index in [1.807, 2.05) is 32.0 Å². The average molecular weight is 372 g/mol. The van der Waals surface area contributed by atoms with E-state index in [1.54, 1.807) is 23.1 Å². The summed E-state index contributed by atoms with van der Waals surface area (Å²) in [6, 6.07) is 9.22. The summed E-state index contributed by atoms with van der Waals surface area (Å²) in [5, 5.41) is 0. The number of amides is 1. The molecule has 1 amide bonds. The van der Waals surface area contributed by atoms with Crippen molar-refractivity contribution in [3.8, 4) is 0 Å². The van der Waals surface area contributed by atoms with Crippen LogP contribution in [0.25, 0.3) is 11.0 Å². The van der Waals surface area contributed by atoms with Crippen LogP contribution in [0.4, 0.5) is 0 Å². The van der Waals surface area contributed by atoms with Crippen LogP contribution in [0.1, 0.15) is 26.6 Å². The van der Waals surface area contributed by atoms with E-state index in [-0.39, 0.29) is 5.91 Å². The Hall–Kier alpha value is -2.24. The van der Waals surface area contributed by atoms with Gasteiger partial charge in [0.15, 0.2) is 0 Å². The van der Waals surface area contributed by atoms with Crippen LogP contribution in [0, 0.1) is 13.8 Å². The highest BCUT2D eigenvalue weighted by atomic mass is 35.5. The molecule has 0 unspecified atom stereocenters. The minimum atomic E-state index is -0.0636. The number of thiophene rings is 1. The molecule has 0 aliphatic rings. The molecule has 3 rings (SSSR count). The zero-order valence-electron chi connectivity index (χ0n) is 14.1. The van der Waals surface area contributed by atoms with Crippen molar-refractivity contribution >= 4 is 39.9 Å². The Morgan fingerprint density at radius 3 is 2.56 bits per heavy atom. The Bertz CT molecular complexity index is 951. The van der Waals surface area contributed by atoms with Crippen LogP contribution in [0.15, 0.2) is 43.0 Å². The van der Waals surface area contributed by atoms with Crippen molar-refractivity contribution in [3.05, 3.63) is 69.2 Å². The molecule has 2 aromatic heterocycles. The van der Waals surface area contributed by atoms with Gasteiger partial charge in [-0.2, -0.15) is 0 Å². The standard InChI is InChI=1S/C19H18ClN3OS/c1-4-9-23(11-15-6-8-18(20)25-15)19(24)14-5-7-16-17(10-14)22-13(3)12(2)21-16/h4-8,10H,1,9,11H2,2-3H3. The Morgan fingerprint density at radius 2 is 1.92 bits per heavy atom. The molecule has 0 aliphatic carbocycles. The molecule has 4 nitrogen and oxygen atoms in total. The van der Waals surface area contributed by atoms with Gasteiger partial charge in [-0.1, -0.05) is 17.7 Å². The van der Waals surface area contributed by atoms with Crippen molar-refractivity contribution in [2.75, 3.05) is 6.54 Å². The van der Waals surface area contributed by atoms with Crippen molar-refractivity contribution in [1.82, 2.24) is 14.9 Å². The van der Waals surface area contributed by atoms with E-state index in [0.717, 1.165) is 27.3 Å². The van der Waals surface area contributed by atoms with Crippen molar-refractivity contribution < 1.29 is 4.79 Å². The van der Waals surface area contributed by atoms with Crippen LogP contribution in [-0.2, 0) is 6.54 Å². The fourth-order valence-corrected chi connectivity index (χ4v) is 3.65. The molecule has 0 N–H and O–H groups in total. The van der Waals surface area contributed by atoms with Gasteiger partial charge in [0.1, 0.15) is 0 Å². The van der Waals surface area contributed by atoms with Crippen LogP contribution in [-0.4, -0.2) is 27.3 Å². The normalized spacial score (nSPS) is 10.8. The Balaban J connectivity index is 1.91. The lowest BCUT2D eigenvalue weighted by Gasteiger charge is -2.20. The number of hydrogen-bond donors (Lipinski definition) is 0. The van der Waals surface area contributed by atoms with Crippen LogP contribution >= 0.6 is 22.9 Å². The topological polar surface area (TPSA) is 46.1 Å². The average Bonchev–Trinajstić information content (AvgIpc) is 2.99. The van der Waals surface area contributed by atoms with E-state index in [9.17, 15) is 4.79 Å². The third-order valence-electron chi connectivity index (χ3n) is 3.93. The fraction of sp³-hybridized carbons (Fsp3) is 0.211. The molecule has 0 aliphatic heterocycles. The Kier molecular flexibility index (Phi) is 5.16. The summed E-state index contributed by atoms with van der Waals surface area (Å²) in [6.07, 6.45) is 1.72. The van der Waals surface area contributed by atoms with Crippen LogP contribution in [0.5, 0.6) is 0 Å². The molecule has 0 radical (unpaired) electrons. The highest BCUT2D eigenvalue weighted by Gasteiger charge is 2.17. The number of carbonyl (C=O) groups excluding carboxylic acids is 1. The molecule has 0 saturated heterocycles. The SMILES string of the molecule is C=CCN(Cc1ccc(Cl)s1)C(=O)c1ccc2nc(C)c(C)nc2c1. The molecule has 0 fully saturated rings. The van der Waals surface area contributed by atoms with Crippen molar-refractivity contribution in [1.29, 1.82) is 0 Å². The molecule has 3 aromatic rings. The second-order valence-electron chi connectivity index (χ2n) is 5.78. The van der Waals surface area contributed by atoms with E-state index in [0.29, 0.717) is 23.0 Å². The molecule has 0 atom stereocenters. The first-order valence-corrected chi connectivity index (χ1v) is 9.07. The van der Waals surface area contributed by atoms with E-state index in [4.69, 9.17) is 11.6 Å². The summed E-state index contributed by atoms with van der Waals surface area (Å²) >= 11 is 7.47. The highest BCUT2D eigenvalue weighted by molar-refractivity contribution is 7.16. The molecule has 2 heterocycles.